The normalized spacial score (nSPS) is 10.2. The first-order valence-electron chi connectivity index (χ1n) is 7.55. The summed E-state index contributed by atoms with van der Waals surface area (Å²) >= 11 is 13.3. The Bertz CT molecular complexity index is 653. The first-order valence-corrected chi connectivity index (χ1v) is 9.49. The van der Waals surface area contributed by atoms with Crippen LogP contribution in [0.2, 0.25) is 5.02 Å². The highest BCUT2D eigenvalue weighted by molar-refractivity contribution is 7.98. The van der Waals surface area contributed by atoms with Crippen molar-refractivity contribution < 1.29 is 4.74 Å². The summed E-state index contributed by atoms with van der Waals surface area (Å²) < 4.78 is 5.02. The zero-order chi connectivity index (χ0) is 17.2. The standard InChI is InChI=1S/C17H20ClN3OS2/c1-22-16-8-7-14(11-20-16)21-17(23)19-9-4-10-24-12-13-5-2-3-6-15(13)18/h2-3,5-8,11H,4,9-10,12H2,1H3,(H2,19,21,23). The zero-order valence-electron chi connectivity index (χ0n) is 13.4. The largest absolute Gasteiger partial charge is 0.481 e. The van der Waals surface area contributed by atoms with Gasteiger partial charge in [-0.1, -0.05) is 29.8 Å². The fourth-order valence-electron chi connectivity index (χ4n) is 1.92. The number of thioether (sulfide) groups is 1. The Morgan fingerprint density at radius 2 is 2.12 bits per heavy atom. The molecule has 4 nitrogen and oxygen atoms in total. The minimum absolute atomic E-state index is 0.579. The summed E-state index contributed by atoms with van der Waals surface area (Å²) in [7, 11) is 1.59. The molecule has 0 radical (unpaired) electrons. The van der Waals surface area contributed by atoms with Crippen LogP contribution in [-0.4, -0.2) is 29.5 Å². The Kier molecular flexibility index (Phi) is 8.15. The Morgan fingerprint density at radius 3 is 2.83 bits per heavy atom. The summed E-state index contributed by atoms with van der Waals surface area (Å²) in [5.74, 6) is 2.56. The Balaban J connectivity index is 1.58. The van der Waals surface area contributed by atoms with Gasteiger partial charge in [0.05, 0.1) is 19.0 Å². The molecule has 2 N–H and O–H groups in total. The molecule has 128 valence electrons. The van der Waals surface area contributed by atoms with Gasteiger partial charge < -0.3 is 15.4 Å². The molecule has 0 unspecified atom stereocenters. The maximum Gasteiger partial charge on any atom is 0.213 e. The number of rotatable bonds is 8. The van der Waals surface area contributed by atoms with Crippen LogP contribution in [0.5, 0.6) is 5.88 Å². The smallest absolute Gasteiger partial charge is 0.213 e. The van der Waals surface area contributed by atoms with E-state index < -0.39 is 0 Å². The van der Waals surface area contributed by atoms with Crippen LogP contribution in [0, 0.1) is 0 Å². The van der Waals surface area contributed by atoms with Crippen LogP contribution in [0.4, 0.5) is 5.69 Å². The third-order valence-corrected chi connectivity index (χ3v) is 4.88. The summed E-state index contributed by atoms with van der Waals surface area (Å²) in [6.45, 7) is 0.824. The fraction of sp³-hybridized carbons (Fsp3) is 0.294. The van der Waals surface area contributed by atoms with Crippen LogP contribution in [0.1, 0.15) is 12.0 Å². The maximum atomic E-state index is 6.14. The van der Waals surface area contributed by atoms with Crippen LogP contribution in [-0.2, 0) is 5.75 Å². The van der Waals surface area contributed by atoms with Crippen LogP contribution in [0.25, 0.3) is 0 Å². The SMILES string of the molecule is COc1ccc(NC(=S)NCCCSCc2ccccc2Cl)cn1. The van der Waals surface area contributed by atoms with Gasteiger partial charge in [0, 0.05) is 23.4 Å². The highest BCUT2D eigenvalue weighted by atomic mass is 35.5. The van der Waals surface area contributed by atoms with Gasteiger partial charge in [0.25, 0.3) is 0 Å². The molecule has 0 fully saturated rings. The van der Waals surface area contributed by atoms with Crippen molar-refractivity contribution in [3.8, 4) is 5.88 Å². The van der Waals surface area contributed by atoms with E-state index in [9.17, 15) is 0 Å². The third kappa shape index (κ3) is 6.55. The molecule has 0 saturated heterocycles. The molecule has 0 aliphatic heterocycles. The second-order valence-electron chi connectivity index (χ2n) is 4.97. The second-order valence-corrected chi connectivity index (χ2v) is 6.89. The van der Waals surface area contributed by atoms with Crippen molar-refractivity contribution in [1.82, 2.24) is 10.3 Å². The third-order valence-electron chi connectivity index (χ3n) is 3.17. The van der Waals surface area contributed by atoms with E-state index in [0.29, 0.717) is 11.0 Å². The quantitative estimate of drug-likeness (QED) is 0.523. The van der Waals surface area contributed by atoms with E-state index in [2.05, 4.69) is 21.7 Å². The highest BCUT2D eigenvalue weighted by Gasteiger charge is 2.01. The number of thiocarbonyl (C=S) groups is 1. The number of ether oxygens (including phenoxy) is 1. The predicted molar refractivity (Wildman–Crippen MR) is 107 cm³/mol. The summed E-state index contributed by atoms with van der Waals surface area (Å²) in [6, 6.07) is 11.6. The number of halogens is 1. The molecule has 0 spiro atoms. The van der Waals surface area contributed by atoms with Crippen LogP contribution in [0.3, 0.4) is 0 Å². The number of anilines is 1. The Labute approximate surface area is 157 Å². The molecule has 0 aliphatic carbocycles. The number of hydrogen-bond acceptors (Lipinski definition) is 4. The van der Waals surface area contributed by atoms with Gasteiger partial charge in [-0.2, -0.15) is 11.8 Å². The van der Waals surface area contributed by atoms with E-state index in [1.807, 2.05) is 36.0 Å². The van der Waals surface area contributed by atoms with Crippen molar-refractivity contribution in [2.75, 3.05) is 24.7 Å². The van der Waals surface area contributed by atoms with Crippen LogP contribution < -0.4 is 15.4 Å². The van der Waals surface area contributed by atoms with Gasteiger partial charge in [-0.25, -0.2) is 4.98 Å². The molecular weight excluding hydrogens is 362 g/mol. The Hall–Kier alpha value is -1.50. The van der Waals surface area contributed by atoms with E-state index in [4.69, 9.17) is 28.6 Å². The van der Waals surface area contributed by atoms with Crippen molar-refractivity contribution in [2.45, 2.75) is 12.2 Å². The number of hydrogen-bond donors (Lipinski definition) is 2. The lowest BCUT2D eigenvalue weighted by Crippen LogP contribution is -2.29. The lowest BCUT2D eigenvalue weighted by atomic mass is 10.2. The number of pyridine rings is 1. The average Bonchev–Trinajstić information content (AvgIpc) is 2.60. The second kappa shape index (κ2) is 10.4. The maximum absolute atomic E-state index is 6.14. The monoisotopic (exact) mass is 381 g/mol. The fourth-order valence-corrected chi connectivity index (χ4v) is 3.39. The molecule has 0 saturated carbocycles. The number of aromatic nitrogens is 1. The summed E-state index contributed by atoms with van der Waals surface area (Å²) in [4.78, 5) is 4.12. The van der Waals surface area contributed by atoms with Gasteiger partial charge in [0.2, 0.25) is 5.88 Å². The summed E-state index contributed by atoms with van der Waals surface area (Å²) in [5.41, 5.74) is 2.02. The van der Waals surface area contributed by atoms with Crippen molar-refractivity contribution in [1.29, 1.82) is 0 Å². The molecule has 0 bridgehead atoms. The lowest BCUT2D eigenvalue weighted by Gasteiger charge is -2.10. The number of methoxy groups -OCH3 is 1. The first kappa shape index (κ1) is 18.8. The van der Waals surface area contributed by atoms with Gasteiger partial charge in [-0.05, 0) is 42.1 Å². The minimum atomic E-state index is 0.579. The van der Waals surface area contributed by atoms with Gasteiger partial charge >= 0.3 is 0 Å². The molecular formula is C17H20ClN3OS2. The first-order chi connectivity index (χ1) is 11.7. The molecule has 7 heteroatoms. The molecule has 0 amide bonds. The topological polar surface area (TPSA) is 46.2 Å². The molecule has 24 heavy (non-hydrogen) atoms. The molecule has 2 aromatic rings. The van der Waals surface area contributed by atoms with E-state index >= 15 is 0 Å². The zero-order valence-corrected chi connectivity index (χ0v) is 15.8. The minimum Gasteiger partial charge on any atom is -0.481 e. The number of nitrogens with zero attached hydrogens (tertiary/aromatic N) is 1. The van der Waals surface area contributed by atoms with Crippen LogP contribution in [0.15, 0.2) is 42.6 Å². The summed E-state index contributed by atoms with van der Waals surface area (Å²) in [6.07, 6.45) is 2.71. The van der Waals surface area contributed by atoms with Gasteiger partial charge in [-0.15, -0.1) is 0 Å². The molecule has 2 rings (SSSR count). The van der Waals surface area contributed by atoms with Crippen molar-refractivity contribution >= 4 is 46.4 Å². The summed E-state index contributed by atoms with van der Waals surface area (Å²) in [5, 5.41) is 7.72. The van der Waals surface area contributed by atoms with E-state index in [0.717, 1.165) is 35.2 Å². The van der Waals surface area contributed by atoms with Crippen LogP contribution >= 0.6 is 35.6 Å². The van der Waals surface area contributed by atoms with Crippen molar-refractivity contribution in [3.63, 3.8) is 0 Å². The van der Waals surface area contributed by atoms with E-state index in [1.165, 1.54) is 5.56 Å². The van der Waals surface area contributed by atoms with Gasteiger partial charge in [0.15, 0.2) is 5.11 Å². The van der Waals surface area contributed by atoms with Crippen molar-refractivity contribution in [2.24, 2.45) is 0 Å². The molecule has 0 aliphatic rings. The van der Waals surface area contributed by atoms with Gasteiger partial charge in [-0.3, -0.25) is 0 Å². The number of benzene rings is 1. The Morgan fingerprint density at radius 1 is 1.29 bits per heavy atom. The molecule has 1 aromatic carbocycles. The molecule has 1 heterocycles. The molecule has 1 aromatic heterocycles. The molecule has 0 atom stereocenters. The van der Waals surface area contributed by atoms with Crippen molar-refractivity contribution in [3.05, 3.63) is 53.2 Å². The average molecular weight is 382 g/mol. The van der Waals surface area contributed by atoms with Gasteiger partial charge in [0.1, 0.15) is 0 Å². The predicted octanol–water partition coefficient (Wildman–Crippen LogP) is 4.35. The highest BCUT2D eigenvalue weighted by Crippen LogP contribution is 2.20. The number of nitrogens with one attached hydrogen (secondary N) is 2. The van der Waals surface area contributed by atoms with E-state index in [1.54, 1.807) is 19.4 Å². The van der Waals surface area contributed by atoms with E-state index in [-0.39, 0.29) is 0 Å². The lowest BCUT2D eigenvalue weighted by molar-refractivity contribution is 0.398.